The van der Waals surface area contributed by atoms with Gasteiger partial charge in [-0.3, -0.25) is 0 Å². The van der Waals surface area contributed by atoms with Crippen molar-refractivity contribution in [3.8, 4) is 12.1 Å². The topological polar surface area (TPSA) is 60.0 Å². The summed E-state index contributed by atoms with van der Waals surface area (Å²) >= 11 is 0. The summed E-state index contributed by atoms with van der Waals surface area (Å²) in [5, 5.41) is 17.3. The van der Waals surface area contributed by atoms with E-state index >= 15 is 0 Å². The molecule has 0 unspecified atom stereocenters. The lowest BCUT2D eigenvalue weighted by Gasteiger charge is -2.25. The van der Waals surface area contributed by atoms with Crippen LogP contribution in [0.15, 0.2) is 23.4 Å². The van der Waals surface area contributed by atoms with Crippen LogP contribution in [0.3, 0.4) is 0 Å². The first kappa shape index (κ1) is 12.3. The Balaban J connectivity index is 2.73. The van der Waals surface area contributed by atoms with E-state index in [1.807, 2.05) is 25.3 Å². The Kier molecular flexibility index (Phi) is 5.11. The summed E-state index contributed by atoms with van der Waals surface area (Å²) in [6, 6.07) is 3.74. The molecule has 1 fully saturated rings. The summed E-state index contributed by atoms with van der Waals surface area (Å²) in [4.78, 5) is 2.16. The van der Waals surface area contributed by atoms with E-state index in [0.29, 0.717) is 0 Å². The van der Waals surface area contributed by atoms with E-state index in [-0.39, 0.29) is 5.57 Å². The van der Waals surface area contributed by atoms with Gasteiger partial charge >= 0.3 is 0 Å². The standard InChI is InChI=1S/C12H15N3O/c1-2-11(7-12(8-13)9-14)10-15-3-5-16-6-4-15/h7,10H,2-6H2,1H3/b11-10-. The van der Waals surface area contributed by atoms with Crippen molar-refractivity contribution in [2.75, 3.05) is 26.3 Å². The molecule has 0 N–H and O–H groups in total. The molecule has 0 atom stereocenters. The molecule has 1 saturated heterocycles. The molecule has 1 aliphatic rings. The first-order chi connectivity index (χ1) is 7.80. The third-order valence-corrected chi connectivity index (χ3v) is 2.37. The maximum absolute atomic E-state index is 8.67. The number of hydrogen-bond acceptors (Lipinski definition) is 4. The molecule has 1 rings (SSSR count). The zero-order chi connectivity index (χ0) is 11.8. The molecule has 4 nitrogen and oxygen atoms in total. The lowest BCUT2D eigenvalue weighted by molar-refractivity contribution is 0.0590. The SMILES string of the molecule is CC/C(C=C(C#N)C#N)=C/N1CCOCC1. The van der Waals surface area contributed by atoms with Gasteiger partial charge in [0.15, 0.2) is 0 Å². The van der Waals surface area contributed by atoms with Gasteiger partial charge in [0.25, 0.3) is 0 Å². The van der Waals surface area contributed by atoms with Crippen LogP contribution in [0.2, 0.25) is 0 Å². The summed E-state index contributed by atoms with van der Waals surface area (Å²) in [5.74, 6) is 0. The fraction of sp³-hybridized carbons (Fsp3) is 0.500. The minimum Gasteiger partial charge on any atom is -0.378 e. The predicted octanol–water partition coefficient (Wildman–Crippen LogP) is 1.59. The van der Waals surface area contributed by atoms with Gasteiger partial charge in [-0.1, -0.05) is 6.92 Å². The quantitative estimate of drug-likeness (QED) is 0.532. The van der Waals surface area contributed by atoms with Gasteiger partial charge in [-0.05, 0) is 18.1 Å². The fourth-order valence-electron chi connectivity index (χ4n) is 1.45. The molecule has 0 aromatic carbocycles. The van der Waals surface area contributed by atoms with E-state index in [1.165, 1.54) is 0 Å². The van der Waals surface area contributed by atoms with Crippen LogP contribution < -0.4 is 0 Å². The van der Waals surface area contributed by atoms with Crippen LogP contribution in [-0.4, -0.2) is 31.2 Å². The Bertz CT molecular complexity index is 349. The molecule has 84 valence electrons. The molecule has 1 aliphatic heterocycles. The Labute approximate surface area is 96.0 Å². The molecule has 0 aliphatic carbocycles. The number of morpholine rings is 1. The predicted molar refractivity (Wildman–Crippen MR) is 60.1 cm³/mol. The largest absolute Gasteiger partial charge is 0.378 e. The van der Waals surface area contributed by atoms with Crippen LogP contribution in [0, 0.1) is 22.7 Å². The average molecular weight is 217 g/mol. The highest BCUT2D eigenvalue weighted by molar-refractivity contribution is 5.41. The molecule has 4 heteroatoms. The molecule has 0 amide bonds. The molecule has 1 heterocycles. The highest BCUT2D eigenvalue weighted by Gasteiger charge is 2.06. The second-order valence-corrected chi connectivity index (χ2v) is 3.49. The highest BCUT2D eigenvalue weighted by Crippen LogP contribution is 2.09. The van der Waals surface area contributed by atoms with E-state index in [1.54, 1.807) is 6.08 Å². The van der Waals surface area contributed by atoms with Gasteiger partial charge < -0.3 is 9.64 Å². The maximum atomic E-state index is 8.67. The van der Waals surface area contributed by atoms with Crippen molar-refractivity contribution < 1.29 is 4.74 Å². The summed E-state index contributed by atoms with van der Waals surface area (Å²) in [6.07, 6.45) is 4.47. The van der Waals surface area contributed by atoms with Gasteiger partial charge in [0.2, 0.25) is 0 Å². The highest BCUT2D eigenvalue weighted by atomic mass is 16.5. The van der Waals surface area contributed by atoms with Crippen LogP contribution in [-0.2, 0) is 4.74 Å². The number of nitrogens with zero attached hydrogens (tertiary/aromatic N) is 3. The van der Waals surface area contributed by atoms with Crippen LogP contribution in [0.5, 0.6) is 0 Å². The molecule has 0 spiro atoms. The number of allylic oxidation sites excluding steroid dienone is 3. The van der Waals surface area contributed by atoms with E-state index < -0.39 is 0 Å². The minimum absolute atomic E-state index is 0.154. The Hall–Kier alpha value is -1.78. The minimum atomic E-state index is 0.154. The van der Waals surface area contributed by atoms with E-state index in [2.05, 4.69) is 4.90 Å². The summed E-state index contributed by atoms with van der Waals surface area (Å²) < 4.78 is 5.25. The number of nitriles is 2. The first-order valence-corrected chi connectivity index (χ1v) is 5.34. The molecule has 0 aromatic rings. The normalized spacial score (nSPS) is 16.2. The molecule has 0 aromatic heterocycles. The number of hydrogen-bond donors (Lipinski definition) is 0. The zero-order valence-electron chi connectivity index (χ0n) is 9.44. The van der Waals surface area contributed by atoms with Crippen molar-refractivity contribution in [2.45, 2.75) is 13.3 Å². The first-order valence-electron chi connectivity index (χ1n) is 5.34. The fourth-order valence-corrected chi connectivity index (χ4v) is 1.45. The summed E-state index contributed by atoms with van der Waals surface area (Å²) in [7, 11) is 0. The Morgan fingerprint density at radius 3 is 2.44 bits per heavy atom. The van der Waals surface area contributed by atoms with Crippen LogP contribution >= 0.6 is 0 Å². The van der Waals surface area contributed by atoms with Gasteiger partial charge in [0.05, 0.1) is 13.2 Å². The molecule has 0 bridgehead atoms. The molecular weight excluding hydrogens is 202 g/mol. The average Bonchev–Trinajstić information content (AvgIpc) is 2.35. The van der Waals surface area contributed by atoms with Crippen molar-refractivity contribution in [3.63, 3.8) is 0 Å². The smallest absolute Gasteiger partial charge is 0.130 e. The molecule has 16 heavy (non-hydrogen) atoms. The summed E-state index contributed by atoms with van der Waals surface area (Å²) in [6.45, 7) is 5.22. The monoisotopic (exact) mass is 217 g/mol. The third kappa shape index (κ3) is 3.76. The molecule has 0 saturated carbocycles. The second kappa shape index (κ2) is 6.66. The van der Waals surface area contributed by atoms with E-state index in [4.69, 9.17) is 15.3 Å². The second-order valence-electron chi connectivity index (χ2n) is 3.49. The van der Waals surface area contributed by atoms with Gasteiger partial charge in [0.1, 0.15) is 17.7 Å². The van der Waals surface area contributed by atoms with Gasteiger partial charge in [-0.15, -0.1) is 0 Å². The van der Waals surface area contributed by atoms with Crippen molar-refractivity contribution >= 4 is 0 Å². The maximum Gasteiger partial charge on any atom is 0.130 e. The van der Waals surface area contributed by atoms with E-state index in [0.717, 1.165) is 38.3 Å². The number of rotatable bonds is 3. The molecular formula is C12H15N3O. The Morgan fingerprint density at radius 1 is 1.31 bits per heavy atom. The summed E-state index contributed by atoms with van der Waals surface area (Å²) in [5.41, 5.74) is 1.15. The van der Waals surface area contributed by atoms with Gasteiger partial charge in [-0.2, -0.15) is 10.5 Å². The third-order valence-electron chi connectivity index (χ3n) is 2.37. The Morgan fingerprint density at radius 2 is 1.94 bits per heavy atom. The lowest BCUT2D eigenvalue weighted by Crippen LogP contribution is -2.32. The number of ether oxygens (including phenoxy) is 1. The lowest BCUT2D eigenvalue weighted by atomic mass is 10.1. The van der Waals surface area contributed by atoms with Crippen molar-refractivity contribution in [1.82, 2.24) is 4.90 Å². The molecule has 0 radical (unpaired) electrons. The van der Waals surface area contributed by atoms with Crippen LogP contribution in [0.4, 0.5) is 0 Å². The van der Waals surface area contributed by atoms with Crippen LogP contribution in [0.25, 0.3) is 0 Å². The zero-order valence-corrected chi connectivity index (χ0v) is 9.44. The van der Waals surface area contributed by atoms with E-state index in [9.17, 15) is 0 Å². The van der Waals surface area contributed by atoms with Gasteiger partial charge in [-0.25, -0.2) is 0 Å². The van der Waals surface area contributed by atoms with Gasteiger partial charge in [0, 0.05) is 19.3 Å². The van der Waals surface area contributed by atoms with Crippen LogP contribution in [0.1, 0.15) is 13.3 Å². The van der Waals surface area contributed by atoms with Crippen molar-refractivity contribution in [3.05, 3.63) is 23.4 Å². The van der Waals surface area contributed by atoms with Crippen molar-refractivity contribution in [2.24, 2.45) is 0 Å². The van der Waals surface area contributed by atoms with Crippen molar-refractivity contribution in [1.29, 1.82) is 10.5 Å².